The summed E-state index contributed by atoms with van der Waals surface area (Å²) in [7, 11) is 1.76. The molecule has 0 amide bonds. The van der Waals surface area contributed by atoms with Crippen LogP contribution in [-0.4, -0.2) is 26.2 Å². The van der Waals surface area contributed by atoms with Crippen molar-refractivity contribution < 1.29 is 0 Å². The van der Waals surface area contributed by atoms with Crippen molar-refractivity contribution in [2.24, 2.45) is 18.7 Å². The van der Waals surface area contributed by atoms with Gasteiger partial charge in [-0.1, -0.05) is 6.92 Å². The van der Waals surface area contributed by atoms with E-state index in [0.29, 0.717) is 5.92 Å². The first-order valence-corrected chi connectivity index (χ1v) is 4.08. The molecule has 0 saturated heterocycles. The normalized spacial score (nSPS) is 16.0. The third-order valence-electron chi connectivity index (χ3n) is 1.95. The van der Waals surface area contributed by atoms with E-state index in [1.54, 1.807) is 7.05 Å². The lowest BCUT2D eigenvalue weighted by molar-refractivity contribution is 0.470. The van der Waals surface area contributed by atoms with Crippen molar-refractivity contribution in [3.63, 3.8) is 0 Å². The molecule has 0 aliphatic carbocycles. The van der Waals surface area contributed by atoms with Gasteiger partial charge in [0.05, 0.1) is 7.05 Å². The van der Waals surface area contributed by atoms with Crippen LogP contribution in [0.2, 0.25) is 0 Å². The molecule has 0 aliphatic rings. The van der Waals surface area contributed by atoms with E-state index in [2.05, 4.69) is 22.3 Å². The molecule has 0 aliphatic heterocycles. The van der Waals surface area contributed by atoms with Gasteiger partial charge in [-0.25, -0.2) is 0 Å². The molecule has 2 atom stereocenters. The molecule has 5 nitrogen and oxygen atoms in total. The van der Waals surface area contributed by atoms with Crippen LogP contribution in [0, 0.1) is 5.92 Å². The Morgan fingerprint density at radius 2 is 2.17 bits per heavy atom. The maximum Gasteiger partial charge on any atom is 0.175 e. The highest BCUT2D eigenvalue weighted by molar-refractivity contribution is 4.82. The van der Waals surface area contributed by atoms with Crippen molar-refractivity contribution in [3.8, 4) is 0 Å². The molecule has 0 radical (unpaired) electrons. The first-order chi connectivity index (χ1) is 5.59. The van der Waals surface area contributed by atoms with Crippen molar-refractivity contribution in [1.82, 2.24) is 20.2 Å². The van der Waals surface area contributed by atoms with Crippen LogP contribution in [0.4, 0.5) is 0 Å². The second kappa shape index (κ2) is 3.62. The van der Waals surface area contributed by atoms with E-state index in [9.17, 15) is 0 Å². The highest BCUT2D eigenvalue weighted by Gasteiger charge is 2.11. The maximum atomic E-state index is 5.71. The molecule has 12 heavy (non-hydrogen) atoms. The Hall–Kier alpha value is -0.970. The molecule has 0 bridgehead atoms. The molecule has 0 saturated carbocycles. The van der Waals surface area contributed by atoms with Crippen LogP contribution < -0.4 is 5.73 Å². The van der Waals surface area contributed by atoms with Crippen LogP contribution in [-0.2, 0) is 13.5 Å². The van der Waals surface area contributed by atoms with E-state index in [1.165, 1.54) is 4.80 Å². The van der Waals surface area contributed by atoms with E-state index in [4.69, 9.17) is 5.73 Å². The zero-order chi connectivity index (χ0) is 9.14. The first kappa shape index (κ1) is 9.12. The predicted molar refractivity (Wildman–Crippen MR) is 45.3 cm³/mol. The third kappa shape index (κ3) is 2.27. The Balaban J connectivity index is 2.52. The van der Waals surface area contributed by atoms with Gasteiger partial charge in [0.2, 0.25) is 0 Å². The van der Waals surface area contributed by atoms with Crippen LogP contribution in [0.1, 0.15) is 19.7 Å². The Bertz CT molecular complexity index is 242. The van der Waals surface area contributed by atoms with Gasteiger partial charge in [-0.05, 0) is 18.1 Å². The van der Waals surface area contributed by atoms with Gasteiger partial charge in [0, 0.05) is 12.5 Å². The van der Waals surface area contributed by atoms with Gasteiger partial charge in [0.1, 0.15) is 0 Å². The van der Waals surface area contributed by atoms with E-state index in [-0.39, 0.29) is 6.04 Å². The summed E-state index contributed by atoms with van der Waals surface area (Å²) in [6.45, 7) is 4.07. The van der Waals surface area contributed by atoms with Gasteiger partial charge in [0.25, 0.3) is 0 Å². The van der Waals surface area contributed by atoms with Gasteiger partial charge < -0.3 is 5.73 Å². The van der Waals surface area contributed by atoms with Crippen molar-refractivity contribution in [2.75, 3.05) is 0 Å². The summed E-state index contributed by atoms with van der Waals surface area (Å²) in [6, 6.07) is 0.175. The molecule has 1 aromatic heterocycles. The second-order valence-corrected chi connectivity index (χ2v) is 3.24. The number of hydrogen-bond acceptors (Lipinski definition) is 4. The number of tetrazole rings is 1. The molecule has 1 heterocycles. The van der Waals surface area contributed by atoms with E-state index < -0.39 is 0 Å². The molecule has 1 aromatic rings. The fourth-order valence-corrected chi connectivity index (χ4v) is 0.879. The summed E-state index contributed by atoms with van der Waals surface area (Å²) in [6.07, 6.45) is 0.797. The van der Waals surface area contributed by atoms with Gasteiger partial charge in [0.15, 0.2) is 5.82 Å². The molecule has 5 heteroatoms. The summed E-state index contributed by atoms with van der Waals surface area (Å²) in [5.74, 6) is 1.16. The quantitative estimate of drug-likeness (QED) is 0.676. The molecule has 0 fully saturated rings. The summed E-state index contributed by atoms with van der Waals surface area (Å²) >= 11 is 0. The molecular weight excluding hydrogens is 154 g/mol. The molecular formula is C7H15N5. The van der Waals surface area contributed by atoms with Gasteiger partial charge in [-0.2, -0.15) is 4.80 Å². The van der Waals surface area contributed by atoms with Crippen LogP contribution in [0.5, 0.6) is 0 Å². The molecule has 1 rings (SSSR count). The lowest BCUT2D eigenvalue weighted by Gasteiger charge is -2.12. The van der Waals surface area contributed by atoms with Crippen molar-refractivity contribution in [1.29, 1.82) is 0 Å². The Morgan fingerprint density at radius 3 is 2.58 bits per heavy atom. The zero-order valence-electron chi connectivity index (χ0n) is 7.73. The average molecular weight is 169 g/mol. The fraction of sp³-hybridized carbons (Fsp3) is 0.857. The topological polar surface area (TPSA) is 69.6 Å². The van der Waals surface area contributed by atoms with E-state index in [1.807, 2.05) is 6.92 Å². The molecule has 2 N–H and O–H groups in total. The predicted octanol–water partition coefficient (Wildman–Crippen LogP) is -0.264. The fourth-order valence-electron chi connectivity index (χ4n) is 0.879. The smallest absolute Gasteiger partial charge is 0.175 e. The molecule has 0 aromatic carbocycles. The minimum Gasteiger partial charge on any atom is -0.328 e. The largest absolute Gasteiger partial charge is 0.328 e. The summed E-state index contributed by atoms with van der Waals surface area (Å²) in [5, 5.41) is 11.7. The number of rotatable bonds is 3. The van der Waals surface area contributed by atoms with Gasteiger partial charge in [-0.15, -0.1) is 10.2 Å². The number of nitrogens with two attached hydrogens (primary N) is 1. The third-order valence-corrected chi connectivity index (χ3v) is 1.95. The molecule has 2 unspecified atom stereocenters. The Labute approximate surface area is 71.9 Å². The number of hydrogen-bond donors (Lipinski definition) is 1. The highest BCUT2D eigenvalue weighted by Crippen LogP contribution is 2.05. The number of aromatic nitrogens is 4. The standard InChI is InChI=1S/C7H15N5/c1-5(6(2)8)4-7-9-11-12(3)10-7/h5-6H,4,8H2,1-3H3. The van der Waals surface area contributed by atoms with Crippen LogP contribution in [0.15, 0.2) is 0 Å². The van der Waals surface area contributed by atoms with E-state index in [0.717, 1.165) is 12.2 Å². The van der Waals surface area contributed by atoms with Gasteiger partial charge in [-0.3, -0.25) is 0 Å². The van der Waals surface area contributed by atoms with Crippen LogP contribution in [0.3, 0.4) is 0 Å². The minimum absolute atomic E-state index is 0.175. The van der Waals surface area contributed by atoms with Crippen molar-refractivity contribution in [3.05, 3.63) is 5.82 Å². The van der Waals surface area contributed by atoms with Crippen molar-refractivity contribution >= 4 is 0 Å². The number of nitrogens with zero attached hydrogens (tertiary/aromatic N) is 4. The first-order valence-electron chi connectivity index (χ1n) is 4.08. The summed E-state index contributed by atoms with van der Waals surface area (Å²) in [4.78, 5) is 1.46. The average Bonchev–Trinajstić information content (AvgIpc) is 2.35. The summed E-state index contributed by atoms with van der Waals surface area (Å²) < 4.78 is 0. The Kier molecular flexibility index (Phi) is 2.75. The molecule has 68 valence electrons. The van der Waals surface area contributed by atoms with Crippen LogP contribution in [0.25, 0.3) is 0 Å². The monoisotopic (exact) mass is 169 g/mol. The van der Waals surface area contributed by atoms with Crippen molar-refractivity contribution in [2.45, 2.75) is 26.3 Å². The molecule has 0 spiro atoms. The van der Waals surface area contributed by atoms with E-state index >= 15 is 0 Å². The second-order valence-electron chi connectivity index (χ2n) is 3.24. The maximum absolute atomic E-state index is 5.71. The Morgan fingerprint density at radius 1 is 1.50 bits per heavy atom. The minimum atomic E-state index is 0.175. The van der Waals surface area contributed by atoms with Crippen LogP contribution >= 0.6 is 0 Å². The summed E-state index contributed by atoms with van der Waals surface area (Å²) in [5.41, 5.74) is 5.71. The zero-order valence-corrected chi connectivity index (χ0v) is 7.73. The number of aryl methyl sites for hydroxylation is 1. The van der Waals surface area contributed by atoms with Gasteiger partial charge >= 0.3 is 0 Å². The SMILES string of the molecule is CC(N)C(C)Cc1nnn(C)n1. The lowest BCUT2D eigenvalue weighted by atomic mass is 10.0. The highest BCUT2D eigenvalue weighted by atomic mass is 15.6. The lowest BCUT2D eigenvalue weighted by Crippen LogP contribution is -2.26.